The molecule has 288 valence electrons. The Balaban J connectivity index is 3.28. The van der Waals surface area contributed by atoms with E-state index in [2.05, 4.69) is 39.6 Å². The molecule has 0 unspecified atom stereocenters. The molecule has 18 heteroatoms. The molecule has 0 aromatic heterocycles. The first-order chi connectivity index (χ1) is 24.6. The molecule has 6 atom stereocenters. The summed E-state index contributed by atoms with van der Waals surface area (Å²) in [6.07, 6.45) is 12.1. The van der Waals surface area contributed by atoms with Crippen molar-refractivity contribution in [1.29, 1.82) is 0 Å². The summed E-state index contributed by atoms with van der Waals surface area (Å²) >= 11 is 0. The van der Waals surface area contributed by atoms with Gasteiger partial charge < -0.3 is 53.6 Å². The first kappa shape index (κ1) is 44.7. The average Bonchev–Trinajstić information content (AvgIpc) is 3.04. The van der Waals surface area contributed by atoms with Gasteiger partial charge in [-0.3, -0.25) is 38.4 Å². The summed E-state index contributed by atoms with van der Waals surface area (Å²) in [6.45, 7) is 1.87. The van der Waals surface area contributed by atoms with Gasteiger partial charge in [0.15, 0.2) is 0 Å². The highest BCUT2D eigenvalue weighted by Crippen LogP contribution is 2.13. The van der Waals surface area contributed by atoms with Gasteiger partial charge >= 0.3 is 0 Å². The average molecular weight is 733 g/mol. The molecule has 1 fully saturated rings. The molecular weight excluding hydrogens is 680 g/mol. The van der Waals surface area contributed by atoms with Crippen LogP contribution in [-0.4, -0.2) is 102 Å². The zero-order valence-corrected chi connectivity index (χ0v) is 29.5. The molecule has 0 radical (unpaired) electrons. The van der Waals surface area contributed by atoms with Gasteiger partial charge in [-0.1, -0.05) is 62.0 Å². The first-order valence-corrected chi connectivity index (χ1v) is 16.8. The number of nitrogens with one attached hydrogen (secondary N) is 5. The number of unbranched alkanes of at least 4 members (excludes halogenated alkanes) is 1. The maximum absolute atomic E-state index is 13.4. The van der Waals surface area contributed by atoms with Gasteiger partial charge in [-0.15, -0.1) is 0 Å². The van der Waals surface area contributed by atoms with Crippen molar-refractivity contribution in [3.8, 4) is 0 Å². The van der Waals surface area contributed by atoms with E-state index in [0.29, 0.717) is 0 Å². The Hall–Kier alpha value is -5.36. The molecule has 0 saturated carbocycles. The largest absolute Gasteiger partial charge is 0.393 e. The Bertz CT molecular complexity index is 1380. The minimum Gasteiger partial charge on any atom is -0.393 e. The van der Waals surface area contributed by atoms with E-state index in [-0.39, 0.29) is 25.8 Å². The summed E-state index contributed by atoms with van der Waals surface area (Å²) in [5, 5.41) is 22.8. The van der Waals surface area contributed by atoms with E-state index in [1.165, 1.54) is 7.11 Å². The number of allylic oxidation sites excluding steroid dienone is 7. The first-order valence-electron chi connectivity index (χ1n) is 16.8. The number of amides is 8. The number of hydrogen-bond donors (Lipinski definition) is 9. The Kier molecular flexibility index (Phi) is 21.2. The van der Waals surface area contributed by atoms with Gasteiger partial charge in [0.2, 0.25) is 47.3 Å². The van der Waals surface area contributed by atoms with Crippen LogP contribution in [0.2, 0.25) is 0 Å². The van der Waals surface area contributed by atoms with E-state index >= 15 is 0 Å². The number of primary amides is 3. The van der Waals surface area contributed by atoms with Crippen LogP contribution in [0.25, 0.3) is 0 Å². The van der Waals surface area contributed by atoms with Gasteiger partial charge in [-0.2, -0.15) is 0 Å². The van der Waals surface area contributed by atoms with E-state index in [0.717, 1.165) is 12.8 Å². The van der Waals surface area contributed by atoms with Crippen molar-refractivity contribution >= 4 is 47.3 Å². The van der Waals surface area contributed by atoms with Crippen LogP contribution in [0.3, 0.4) is 0 Å². The van der Waals surface area contributed by atoms with E-state index in [4.69, 9.17) is 21.9 Å². The number of methoxy groups -OCH3 is 1. The predicted octanol–water partition coefficient (Wildman–Crippen LogP) is -2.36. The van der Waals surface area contributed by atoms with Crippen LogP contribution in [0, 0.1) is 0 Å². The summed E-state index contributed by atoms with van der Waals surface area (Å²) < 4.78 is 5.45. The van der Waals surface area contributed by atoms with Gasteiger partial charge in [-0.25, -0.2) is 0 Å². The molecule has 0 spiro atoms. The van der Waals surface area contributed by atoms with Crippen molar-refractivity contribution < 1.29 is 48.2 Å². The summed E-state index contributed by atoms with van der Waals surface area (Å²) in [5.41, 5.74) is 15.8. The van der Waals surface area contributed by atoms with Crippen LogP contribution in [0.15, 0.2) is 48.6 Å². The SMILES string of the molecule is CCC/C=C/C=C/C=C/C=C/[C@H](C[C@H](O)C[C@@H]1CC(=O)NCCC(=O)N[C@H](CC(N)=O)C(=O)N[C@H](CC(N)=O)C(=O)N[C@@H](CC(N)=O)C(=O)N1)OC. The summed E-state index contributed by atoms with van der Waals surface area (Å²) in [5.74, 6) is -7.62. The fourth-order valence-corrected chi connectivity index (χ4v) is 4.88. The Morgan fingerprint density at radius 2 is 1.27 bits per heavy atom. The van der Waals surface area contributed by atoms with Crippen LogP contribution in [0.4, 0.5) is 0 Å². The topological polar surface area (TPSA) is 304 Å². The van der Waals surface area contributed by atoms with Gasteiger partial charge in [0, 0.05) is 39.0 Å². The summed E-state index contributed by atoms with van der Waals surface area (Å²) in [7, 11) is 1.45. The molecule has 1 aliphatic rings. The van der Waals surface area contributed by atoms with Crippen molar-refractivity contribution in [3.63, 3.8) is 0 Å². The number of aliphatic hydroxyl groups is 1. The summed E-state index contributed by atoms with van der Waals surface area (Å²) in [4.78, 5) is 100. The number of carbonyl (C=O) groups excluding carboxylic acids is 8. The second-order valence-corrected chi connectivity index (χ2v) is 12.0. The third-order valence-corrected chi connectivity index (χ3v) is 7.42. The van der Waals surface area contributed by atoms with Crippen molar-refractivity contribution in [1.82, 2.24) is 26.6 Å². The van der Waals surface area contributed by atoms with Crippen LogP contribution >= 0.6 is 0 Å². The van der Waals surface area contributed by atoms with Crippen molar-refractivity contribution in [2.24, 2.45) is 17.2 Å². The quantitative estimate of drug-likeness (QED) is 0.0717. The number of ether oxygens (including phenoxy) is 1. The highest BCUT2D eigenvalue weighted by Gasteiger charge is 2.33. The molecule has 1 saturated heterocycles. The number of rotatable bonds is 17. The smallest absolute Gasteiger partial charge is 0.243 e. The second-order valence-electron chi connectivity index (χ2n) is 12.0. The lowest BCUT2D eigenvalue weighted by Crippen LogP contribution is -2.59. The number of hydrogen-bond acceptors (Lipinski definition) is 10. The van der Waals surface area contributed by atoms with E-state index < -0.39 is 109 Å². The molecule has 52 heavy (non-hydrogen) atoms. The Labute approximate surface area is 302 Å². The molecule has 0 aliphatic carbocycles. The molecular formula is C34H52N8O10. The van der Waals surface area contributed by atoms with E-state index in [9.17, 15) is 43.5 Å². The molecule has 18 nitrogen and oxygen atoms in total. The van der Waals surface area contributed by atoms with Gasteiger partial charge in [-0.05, 0) is 12.8 Å². The molecule has 1 aliphatic heterocycles. The lowest BCUT2D eigenvalue weighted by molar-refractivity contribution is -0.136. The minimum atomic E-state index is -1.72. The molecule has 0 aromatic rings. The second kappa shape index (κ2) is 24.7. The zero-order valence-electron chi connectivity index (χ0n) is 29.5. The zero-order chi connectivity index (χ0) is 39.1. The van der Waals surface area contributed by atoms with Gasteiger partial charge in [0.05, 0.1) is 31.5 Å². The van der Waals surface area contributed by atoms with Crippen molar-refractivity contribution in [2.45, 2.75) is 101 Å². The third kappa shape index (κ3) is 19.7. The third-order valence-electron chi connectivity index (χ3n) is 7.42. The lowest BCUT2D eigenvalue weighted by Gasteiger charge is -2.26. The molecule has 1 heterocycles. The van der Waals surface area contributed by atoms with Crippen molar-refractivity contribution in [2.75, 3.05) is 13.7 Å². The van der Waals surface area contributed by atoms with E-state index in [1.54, 1.807) is 18.2 Å². The highest BCUT2D eigenvalue weighted by molar-refractivity contribution is 5.98. The van der Waals surface area contributed by atoms with Crippen LogP contribution < -0.4 is 43.8 Å². The monoisotopic (exact) mass is 732 g/mol. The van der Waals surface area contributed by atoms with E-state index in [1.807, 2.05) is 24.3 Å². The molecule has 12 N–H and O–H groups in total. The molecule has 0 aromatic carbocycles. The molecule has 0 bridgehead atoms. The van der Waals surface area contributed by atoms with Crippen LogP contribution in [0.5, 0.6) is 0 Å². The fraction of sp³-hybridized carbons (Fsp3) is 0.529. The Morgan fingerprint density at radius 3 is 1.79 bits per heavy atom. The fourth-order valence-electron chi connectivity index (χ4n) is 4.88. The number of nitrogens with two attached hydrogens (primary N) is 3. The van der Waals surface area contributed by atoms with Gasteiger partial charge in [0.25, 0.3) is 0 Å². The molecule has 1 rings (SSSR count). The van der Waals surface area contributed by atoms with Crippen LogP contribution in [0.1, 0.15) is 64.7 Å². The number of aliphatic hydroxyl groups excluding tert-OH is 1. The minimum absolute atomic E-state index is 0.0625. The predicted molar refractivity (Wildman–Crippen MR) is 189 cm³/mol. The maximum atomic E-state index is 13.4. The number of carbonyl (C=O) groups is 8. The van der Waals surface area contributed by atoms with Crippen molar-refractivity contribution in [3.05, 3.63) is 48.6 Å². The van der Waals surface area contributed by atoms with Gasteiger partial charge in [0.1, 0.15) is 18.1 Å². The maximum Gasteiger partial charge on any atom is 0.243 e. The lowest BCUT2D eigenvalue weighted by atomic mass is 9.99. The van der Waals surface area contributed by atoms with Crippen LogP contribution in [-0.2, 0) is 43.1 Å². The standard InChI is InChI=1S/C34H52N8O10/c1-3-4-5-6-7-8-9-10-11-12-23(52-2)17-22(43)15-21-16-31(48)38-14-13-30(47)40-24(18-27(35)44)33(50)42-26(20-29(37)46)34(51)41-25(19-28(36)45)32(49)39-21/h5-12,21-26,43H,3-4,13-20H2,1-2H3,(H2,35,44)(H2,36,45)(H2,37,46)(H,38,48)(H,39,49)(H,40,47)(H,41,51)(H,42,50)/b6-5+,8-7+,10-9+,12-11+/t21-,22-,23-,24-,25+,26-/m1/s1. The highest BCUT2D eigenvalue weighted by atomic mass is 16.5. The molecule has 8 amide bonds. The summed E-state index contributed by atoms with van der Waals surface area (Å²) in [6, 6.07) is -6.02. The Morgan fingerprint density at radius 1 is 0.769 bits per heavy atom. The normalized spacial score (nSPS) is 22.7.